The minimum Gasteiger partial charge on any atom is -0.314 e. The summed E-state index contributed by atoms with van der Waals surface area (Å²) < 4.78 is 2.25. The largest absolute Gasteiger partial charge is 0.314 e. The molecule has 2 heterocycles. The van der Waals surface area contributed by atoms with Gasteiger partial charge in [0.2, 0.25) is 0 Å². The molecule has 4 heteroatoms. The molecule has 1 aliphatic rings. The minimum absolute atomic E-state index is 0.880. The van der Waals surface area contributed by atoms with Gasteiger partial charge in [0.15, 0.2) is 0 Å². The third kappa shape index (κ3) is 3.28. The molecule has 1 aliphatic heterocycles. The fourth-order valence-corrected chi connectivity index (χ4v) is 3.06. The summed E-state index contributed by atoms with van der Waals surface area (Å²) in [5, 5.41) is 8.63. The van der Waals surface area contributed by atoms with E-state index in [1.165, 1.54) is 11.1 Å². The molecule has 0 fully saturated rings. The summed E-state index contributed by atoms with van der Waals surface area (Å²) >= 11 is 0. The van der Waals surface area contributed by atoms with Crippen LogP contribution < -0.4 is 0 Å². The van der Waals surface area contributed by atoms with Crippen LogP contribution in [0.5, 0.6) is 0 Å². The Labute approximate surface area is 132 Å². The molecule has 0 amide bonds. The van der Waals surface area contributed by atoms with Crippen LogP contribution in [-0.2, 0) is 13.1 Å². The minimum atomic E-state index is 0.880. The van der Waals surface area contributed by atoms with E-state index < -0.39 is 0 Å². The zero-order chi connectivity index (χ0) is 15.4. The Morgan fingerprint density at radius 1 is 1.14 bits per heavy atom. The van der Waals surface area contributed by atoms with Crippen molar-refractivity contribution in [3.8, 4) is 0 Å². The maximum Gasteiger partial charge on any atom is 0.147 e. The van der Waals surface area contributed by atoms with E-state index in [9.17, 15) is 0 Å². The van der Waals surface area contributed by atoms with Crippen molar-refractivity contribution in [3.05, 3.63) is 53.6 Å². The quantitative estimate of drug-likeness (QED) is 0.849. The predicted octanol–water partition coefficient (Wildman–Crippen LogP) is 3.29. The van der Waals surface area contributed by atoms with Gasteiger partial charge in [0.25, 0.3) is 0 Å². The number of nitrogens with zero attached hydrogens (tertiary/aromatic N) is 4. The standard InChI is InChI=1S/C18H24N4/c1-3-11-22-15(2)19-20-18(22)14-21-12-7-10-17(13-21)16-8-5-4-6-9-16/h4-6,8-10H,3,7,11-14H2,1-2H3. The maximum atomic E-state index is 4.38. The highest BCUT2D eigenvalue weighted by atomic mass is 15.3. The Balaban J connectivity index is 1.71. The van der Waals surface area contributed by atoms with E-state index in [-0.39, 0.29) is 0 Å². The molecular formula is C18H24N4. The van der Waals surface area contributed by atoms with Gasteiger partial charge in [0.1, 0.15) is 11.6 Å². The lowest BCUT2D eigenvalue weighted by Crippen LogP contribution is -2.30. The fourth-order valence-electron chi connectivity index (χ4n) is 3.06. The normalized spacial score (nSPS) is 15.8. The SMILES string of the molecule is CCCn1c(C)nnc1CN1CCC=C(c2ccccc2)C1. The van der Waals surface area contributed by atoms with Crippen LogP contribution in [-0.4, -0.2) is 32.8 Å². The Morgan fingerprint density at radius 3 is 2.73 bits per heavy atom. The average Bonchev–Trinajstić information content (AvgIpc) is 2.90. The molecule has 4 nitrogen and oxygen atoms in total. The number of hydrogen-bond donors (Lipinski definition) is 0. The van der Waals surface area contributed by atoms with E-state index in [0.29, 0.717) is 0 Å². The monoisotopic (exact) mass is 296 g/mol. The molecule has 2 aromatic rings. The van der Waals surface area contributed by atoms with Crippen molar-refractivity contribution >= 4 is 5.57 Å². The van der Waals surface area contributed by atoms with Crippen molar-refractivity contribution in [1.82, 2.24) is 19.7 Å². The van der Waals surface area contributed by atoms with Crippen LogP contribution in [0, 0.1) is 6.92 Å². The maximum absolute atomic E-state index is 4.38. The van der Waals surface area contributed by atoms with E-state index in [0.717, 1.165) is 50.7 Å². The van der Waals surface area contributed by atoms with Crippen LogP contribution in [0.1, 0.15) is 37.0 Å². The molecule has 0 atom stereocenters. The van der Waals surface area contributed by atoms with Gasteiger partial charge in [-0.2, -0.15) is 0 Å². The lowest BCUT2D eigenvalue weighted by Gasteiger charge is -2.27. The van der Waals surface area contributed by atoms with Crippen molar-refractivity contribution in [2.45, 2.75) is 39.8 Å². The molecule has 116 valence electrons. The molecule has 0 unspecified atom stereocenters. The second-order valence-corrected chi connectivity index (χ2v) is 5.91. The number of aromatic nitrogens is 3. The van der Waals surface area contributed by atoms with Crippen LogP contribution >= 0.6 is 0 Å². The number of hydrogen-bond acceptors (Lipinski definition) is 3. The Kier molecular flexibility index (Phi) is 4.68. The smallest absolute Gasteiger partial charge is 0.147 e. The number of aryl methyl sites for hydroxylation is 1. The first kappa shape index (κ1) is 15.0. The first-order valence-corrected chi connectivity index (χ1v) is 8.13. The molecule has 0 saturated carbocycles. The van der Waals surface area contributed by atoms with Crippen molar-refractivity contribution in [1.29, 1.82) is 0 Å². The van der Waals surface area contributed by atoms with Crippen LogP contribution in [0.2, 0.25) is 0 Å². The van der Waals surface area contributed by atoms with Gasteiger partial charge in [0, 0.05) is 19.6 Å². The van der Waals surface area contributed by atoms with Gasteiger partial charge in [-0.25, -0.2) is 0 Å². The zero-order valence-electron chi connectivity index (χ0n) is 13.5. The van der Waals surface area contributed by atoms with Crippen LogP contribution in [0.4, 0.5) is 0 Å². The Bertz CT molecular complexity index is 642. The zero-order valence-corrected chi connectivity index (χ0v) is 13.5. The molecular weight excluding hydrogens is 272 g/mol. The molecule has 0 saturated heterocycles. The first-order chi connectivity index (χ1) is 10.8. The summed E-state index contributed by atoms with van der Waals surface area (Å²) in [6.07, 6.45) is 4.58. The molecule has 3 rings (SSSR count). The first-order valence-electron chi connectivity index (χ1n) is 8.13. The topological polar surface area (TPSA) is 34.0 Å². The van der Waals surface area contributed by atoms with E-state index in [4.69, 9.17) is 0 Å². The molecule has 0 N–H and O–H groups in total. The van der Waals surface area contributed by atoms with E-state index in [1.807, 2.05) is 6.92 Å². The summed E-state index contributed by atoms with van der Waals surface area (Å²) in [5.41, 5.74) is 2.75. The van der Waals surface area contributed by atoms with Crippen LogP contribution in [0.25, 0.3) is 5.57 Å². The Morgan fingerprint density at radius 2 is 1.95 bits per heavy atom. The highest BCUT2D eigenvalue weighted by molar-refractivity contribution is 5.67. The second kappa shape index (κ2) is 6.88. The van der Waals surface area contributed by atoms with Crippen LogP contribution in [0.3, 0.4) is 0 Å². The van der Waals surface area contributed by atoms with Crippen molar-refractivity contribution < 1.29 is 0 Å². The molecule has 0 radical (unpaired) electrons. The van der Waals surface area contributed by atoms with Gasteiger partial charge >= 0.3 is 0 Å². The van der Waals surface area contributed by atoms with Gasteiger partial charge < -0.3 is 4.57 Å². The summed E-state index contributed by atoms with van der Waals surface area (Å²) in [5.74, 6) is 2.11. The lowest BCUT2D eigenvalue weighted by atomic mass is 10.0. The van der Waals surface area contributed by atoms with Gasteiger partial charge in [-0.05, 0) is 30.9 Å². The van der Waals surface area contributed by atoms with E-state index in [2.05, 4.69) is 63.0 Å². The van der Waals surface area contributed by atoms with Crippen LogP contribution in [0.15, 0.2) is 36.4 Å². The third-order valence-corrected chi connectivity index (χ3v) is 4.20. The van der Waals surface area contributed by atoms with Crippen molar-refractivity contribution in [2.75, 3.05) is 13.1 Å². The molecule has 0 bridgehead atoms. The third-order valence-electron chi connectivity index (χ3n) is 4.20. The molecule has 1 aromatic carbocycles. The van der Waals surface area contributed by atoms with Gasteiger partial charge in [-0.3, -0.25) is 4.90 Å². The van der Waals surface area contributed by atoms with Gasteiger partial charge in [0.05, 0.1) is 6.54 Å². The highest BCUT2D eigenvalue weighted by Gasteiger charge is 2.17. The van der Waals surface area contributed by atoms with E-state index in [1.54, 1.807) is 0 Å². The molecule has 22 heavy (non-hydrogen) atoms. The van der Waals surface area contributed by atoms with Crippen molar-refractivity contribution in [2.24, 2.45) is 0 Å². The summed E-state index contributed by atoms with van der Waals surface area (Å²) in [4.78, 5) is 2.47. The summed E-state index contributed by atoms with van der Waals surface area (Å²) in [6, 6.07) is 10.7. The second-order valence-electron chi connectivity index (χ2n) is 5.91. The molecule has 0 spiro atoms. The lowest BCUT2D eigenvalue weighted by molar-refractivity contribution is 0.283. The fraction of sp³-hybridized carbons (Fsp3) is 0.444. The van der Waals surface area contributed by atoms with Gasteiger partial charge in [-0.15, -0.1) is 10.2 Å². The molecule has 1 aromatic heterocycles. The number of benzene rings is 1. The molecule has 0 aliphatic carbocycles. The Hall–Kier alpha value is -1.94. The van der Waals surface area contributed by atoms with Gasteiger partial charge in [-0.1, -0.05) is 43.3 Å². The number of rotatable bonds is 5. The average molecular weight is 296 g/mol. The highest BCUT2D eigenvalue weighted by Crippen LogP contribution is 2.21. The van der Waals surface area contributed by atoms with E-state index >= 15 is 0 Å². The summed E-state index contributed by atoms with van der Waals surface area (Å²) in [7, 11) is 0. The van der Waals surface area contributed by atoms with Crippen molar-refractivity contribution in [3.63, 3.8) is 0 Å². The predicted molar refractivity (Wildman–Crippen MR) is 89.4 cm³/mol. The summed E-state index contributed by atoms with van der Waals surface area (Å²) in [6.45, 7) is 8.20.